The van der Waals surface area contributed by atoms with E-state index in [-0.39, 0.29) is 24.0 Å². The van der Waals surface area contributed by atoms with E-state index in [0.717, 1.165) is 43.9 Å². The molecule has 2 saturated heterocycles. The Bertz CT molecular complexity index is 1580. The van der Waals surface area contributed by atoms with Gasteiger partial charge in [0.2, 0.25) is 11.9 Å². The molecule has 3 heterocycles. The van der Waals surface area contributed by atoms with Crippen LogP contribution in [0, 0.1) is 23.5 Å². The van der Waals surface area contributed by atoms with Gasteiger partial charge in [-0.3, -0.25) is 19.8 Å². The number of aliphatic carboxylic acids is 1. The zero-order valence-electron chi connectivity index (χ0n) is 25.1. The number of nitrogens with zero attached hydrogens (tertiary/aromatic N) is 4. The molecule has 1 amide bonds. The summed E-state index contributed by atoms with van der Waals surface area (Å²) in [5, 5.41) is 12.3. The quantitative estimate of drug-likeness (QED) is 0.287. The van der Waals surface area contributed by atoms with Crippen LogP contribution in [0.1, 0.15) is 61.1 Å². The summed E-state index contributed by atoms with van der Waals surface area (Å²) in [5.74, 6) is -4.16. The molecule has 6 rings (SSSR count). The normalized spacial score (nSPS) is 21.6. The van der Waals surface area contributed by atoms with Crippen molar-refractivity contribution in [2.45, 2.75) is 63.2 Å². The monoisotopic (exact) mass is 645 g/mol. The Kier molecular flexibility index (Phi) is 9.04. The molecule has 246 valence electrons. The second-order valence-corrected chi connectivity index (χ2v) is 12.6. The van der Waals surface area contributed by atoms with Crippen LogP contribution >= 0.6 is 0 Å². The van der Waals surface area contributed by atoms with Crippen LogP contribution in [0.25, 0.3) is 0 Å². The first-order valence-corrected chi connectivity index (χ1v) is 15.7. The van der Waals surface area contributed by atoms with Gasteiger partial charge in [-0.1, -0.05) is 25.0 Å². The first-order chi connectivity index (χ1) is 22.0. The molecule has 2 N–H and O–H groups in total. The standard InChI is InChI=1S/C33H36F5N5O3/c34-23-7-8-25(28(35)16-23)26-18-43(24-3-1-2-4-24)19-27(26)30(44)40-32-39-11-14-42(32)17-21-5-6-22(33(36,37)38)15-29(21)41-12-9-20(10-13-41)31(45)46/h5-8,11,14-16,20,24,26-27H,1-4,9-10,12-13,17-19H2,(H,45,46)(H,39,40,44)/t26-,27+/m0/s1. The summed E-state index contributed by atoms with van der Waals surface area (Å²) in [5.41, 5.74) is 0.374. The Morgan fingerprint density at radius 1 is 0.978 bits per heavy atom. The van der Waals surface area contributed by atoms with E-state index in [2.05, 4.69) is 15.2 Å². The van der Waals surface area contributed by atoms with Crippen molar-refractivity contribution in [2.24, 2.45) is 11.8 Å². The third-order valence-corrected chi connectivity index (χ3v) is 9.78. The number of nitrogens with one attached hydrogen (secondary N) is 1. The lowest BCUT2D eigenvalue weighted by molar-refractivity contribution is -0.142. The predicted octanol–water partition coefficient (Wildman–Crippen LogP) is 6.13. The molecule has 0 unspecified atom stereocenters. The van der Waals surface area contributed by atoms with E-state index in [0.29, 0.717) is 56.3 Å². The van der Waals surface area contributed by atoms with Gasteiger partial charge in [-0.05, 0) is 55.0 Å². The highest BCUT2D eigenvalue weighted by Gasteiger charge is 2.43. The SMILES string of the molecule is O=C(O)C1CCN(c2cc(C(F)(F)F)ccc2Cn2ccnc2NC(=O)[C@@H]2CN(C3CCCC3)C[C@H]2c2ccc(F)cc2F)CC1. The molecule has 1 aliphatic carbocycles. The van der Waals surface area contributed by atoms with Crippen LogP contribution < -0.4 is 10.2 Å². The number of carboxylic acid groups (broad SMARTS) is 1. The molecule has 3 aromatic rings. The number of imidazole rings is 1. The van der Waals surface area contributed by atoms with Crippen LogP contribution in [0.5, 0.6) is 0 Å². The minimum Gasteiger partial charge on any atom is -0.481 e. The van der Waals surface area contributed by atoms with E-state index < -0.39 is 47.1 Å². The van der Waals surface area contributed by atoms with Crippen molar-refractivity contribution >= 4 is 23.5 Å². The number of hydrogen-bond acceptors (Lipinski definition) is 5. The summed E-state index contributed by atoms with van der Waals surface area (Å²) >= 11 is 0. The van der Waals surface area contributed by atoms with Crippen molar-refractivity contribution in [2.75, 3.05) is 36.4 Å². The van der Waals surface area contributed by atoms with Crippen LogP contribution in [0.3, 0.4) is 0 Å². The molecule has 3 fully saturated rings. The second kappa shape index (κ2) is 13.0. The average Bonchev–Trinajstić information content (AvgIpc) is 3.79. The minimum atomic E-state index is -4.56. The number of benzene rings is 2. The lowest BCUT2D eigenvalue weighted by Crippen LogP contribution is -2.37. The van der Waals surface area contributed by atoms with Gasteiger partial charge in [0.05, 0.1) is 23.9 Å². The van der Waals surface area contributed by atoms with Crippen molar-refractivity contribution in [3.05, 3.63) is 77.1 Å². The fraction of sp³-hybridized carbons (Fsp3) is 0.485. The fourth-order valence-corrected chi connectivity index (χ4v) is 7.27. The van der Waals surface area contributed by atoms with E-state index >= 15 is 0 Å². The van der Waals surface area contributed by atoms with E-state index in [4.69, 9.17) is 0 Å². The highest BCUT2D eigenvalue weighted by molar-refractivity contribution is 5.92. The topological polar surface area (TPSA) is 90.7 Å². The third-order valence-electron chi connectivity index (χ3n) is 9.78. The Hall–Kier alpha value is -4.00. The van der Waals surface area contributed by atoms with Gasteiger partial charge in [0.25, 0.3) is 0 Å². The van der Waals surface area contributed by atoms with Crippen molar-refractivity contribution in [3.8, 4) is 0 Å². The molecule has 2 atom stereocenters. The molecule has 46 heavy (non-hydrogen) atoms. The zero-order valence-corrected chi connectivity index (χ0v) is 25.1. The molecule has 2 aliphatic heterocycles. The number of likely N-dealkylation sites (tertiary alicyclic amines) is 1. The fourth-order valence-electron chi connectivity index (χ4n) is 7.27. The van der Waals surface area contributed by atoms with Crippen LogP contribution in [0.15, 0.2) is 48.8 Å². The van der Waals surface area contributed by atoms with Crippen LogP contribution in [0.4, 0.5) is 33.6 Å². The molecule has 13 heteroatoms. The van der Waals surface area contributed by atoms with E-state index in [9.17, 15) is 36.6 Å². The number of alkyl halides is 3. The third kappa shape index (κ3) is 6.74. The number of anilines is 2. The van der Waals surface area contributed by atoms with Crippen LogP contribution in [-0.2, 0) is 22.3 Å². The van der Waals surface area contributed by atoms with Crippen molar-refractivity contribution in [1.82, 2.24) is 14.5 Å². The molecular weight excluding hydrogens is 609 g/mol. The van der Waals surface area contributed by atoms with Gasteiger partial charge in [0.15, 0.2) is 0 Å². The first kappa shape index (κ1) is 32.0. The lowest BCUT2D eigenvalue weighted by Gasteiger charge is -2.34. The van der Waals surface area contributed by atoms with E-state index in [1.54, 1.807) is 15.7 Å². The van der Waals surface area contributed by atoms with Gasteiger partial charge in [0, 0.05) is 62.3 Å². The molecule has 8 nitrogen and oxygen atoms in total. The first-order valence-electron chi connectivity index (χ1n) is 15.7. The molecule has 1 aromatic heterocycles. The molecule has 3 aliphatic rings. The van der Waals surface area contributed by atoms with Crippen molar-refractivity contribution < 1.29 is 36.6 Å². The Morgan fingerprint density at radius 2 is 1.72 bits per heavy atom. The number of hydrogen-bond donors (Lipinski definition) is 2. The largest absolute Gasteiger partial charge is 0.481 e. The van der Waals surface area contributed by atoms with Gasteiger partial charge in [-0.25, -0.2) is 13.8 Å². The second-order valence-electron chi connectivity index (χ2n) is 12.6. The van der Waals surface area contributed by atoms with Crippen molar-refractivity contribution in [1.29, 1.82) is 0 Å². The molecule has 0 bridgehead atoms. The molecule has 0 spiro atoms. The summed E-state index contributed by atoms with van der Waals surface area (Å²) < 4.78 is 71.4. The van der Waals surface area contributed by atoms with Gasteiger partial charge in [-0.2, -0.15) is 13.2 Å². The maximum Gasteiger partial charge on any atom is 0.416 e. The summed E-state index contributed by atoms with van der Waals surface area (Å²) in [6, 6.07) is 7.23. The summed E-state index contributed by atoms with van der Waals surface area (Å²) in [7, 11) is 0. The Labute approximate surface area is 263 Å². The highest BCUT2D eigenvalue weighted by atomic mass is 19.4. The maximum atomic E-state index is 15.0. The number of amides is 1. The zero-order chi connectivity index (χ0) is 32.6. The summed E-state index contributed by atoms with van der Waals surface area (Å²) in [6.45, 7) is 1.55. The lowest BCUT2D eigenvalue weighted by atomic mass is 9.88. The highest BCUT2D eigenvalue weighted by Crippen LogP contribution is 2.39. The van der Waals surface area contributed by atoms with E-state index in [1.807, 2.05) is 0 Å². The number of piperidine rings is 1. The molecular formula is C33H36F5N5O3. The molecule has 0 radical (unpaired) electrons. The maximum absolute atomic E-state index is 15.0. The Balaban J connectivity index is 1.24. The molecule has 1 saturated carbocycles. The minimum absolute atomic E-state index is 0.0941. The number of carbonyl (C=O) groups is 2. The summed E-state index contributed by atoms with van der Waals surface area (Å²) in [4.78, 5) is 33.6. The van der Waals surface area contributed by atoms with Gasteiger partial charge in [0.1, 0.15) is 11.6 Å². The Morgan fingerprint density at radius 3 is 2.39 bits per heavy atom. The van der Waals surface area contributed by atoms with Crippen LogP contribution in [-0.4, -0.2) is 63.7 Å². The van der Waals surface area contributed by atoms with Crippen LogP contribution in [0.2, 0.25) is 0 Å². The number of carbonyl (C=O) groups excluding carboxylic acids is 1. The predicted molar refractivity (Wildman–Crippen MR) is 160 cm³/mol. The van der Waals surface area contributed by atoms with E-state index in [1.165, 1.54) is 24.4 Å². The number of aromatic nitrogens is 2. The number of halogens is 5. The van der Waals surface area contributed by atoms with Crippen molar-refractivity contribution in [3.63, 3.8) is 0 Å². The van der Waals surface area contributed by atoms with Gasteiger partial charge >= 0.3 is 12.1 Å². The average molecular weight is 646 g/mol. The smallest absolute Gasteiger partial charge is 0.416 e. The number of rotatable bonds is 8. The van der Waals surface area contributed by atoms with Gasteiger partial charge < -0.3 is 14.6 Å². The number of carboxylic acids is 1. The van der Waals surface area contributed by atoms with Gasteiger partial charge in [-0.15, -0.1) is 0 Å². The molecule has 2 aromatic carbocycles. The summed E-state index contributed by atoms with van der Waals surface area (Å²) in [6.07, 6.45) is 3.34.